The molecule has 0 bridgehead atoms. The molecule has 0 aliphatic carbocycles. The van der Waals surface area contributed by atoms with Crippen LogP contribution in [0.4, 0.5) is 13.2 Å². The summed E-state index contributed by atoms with van der Waals surface area (Å²) in [6.07, 6.45) is -3.31. The van der Waals surface area contributed by atoms with Crippen LogP contribution in [0.2, 0.25) is 0 Å². The molecule has 1 saturated heterocycles. The van der Waals surface area contributed by atoms with Crippen LogP contribution in [-0.4, -0.2) is 35.0 Å². The molecule has 1 fully saturated rings. The normalized spacial score (nSPS) is 18.0. The minimum Gasteiger partial charge on any atom is -0.472 e. The molecule has 0 N–H and O–H groups in total. The third kappa shape index (κ3) is 3.72. The van der Waals surface area contributed by atoms with Crippen LogP contribution in [0.5, 0.6) is 5.88 Å². The summed E-state index contributed by atoms with van der Waals surface area (Å²) >= 11 is 3.13. The van der Waals surface area contributed by atoms with Crippen molar-refractivity contribution in [3.63, 3.8) is 0 Å². The molecule has 0 saturated carbocycles. The lowest BCUT2D eigenvalue weighted by Crippen LogP contribution is -2.30. The number of hydrogen-bond acceptors (Lipinski definition) is 4. The number of hydrogen-bond donors (Lipinski definition) is 0. The zero-order chi connectivity index (χ0) is 17.3. The Labute approximate surface area is 143 Å². The number of pyridine rings is 1. The van der Waals surface area contributed by atoms with Crippen molar-refractivity contribution >= 4 is 21.8 Å². The van der Waals surface area contributed by atoms with Crippen molar-refractivity contribution in [3.05, 3.63) is 46.5 Å². The molecule has 1 unspecified atom stereocenters. The van der Waals surface area contributed by atoms with Crippen molar-refractivity contribution < 1.29 is 27.1 Å². The van der Waals surface area contributed by atoms with Gasteiger partial charge < -0.3 is 14.1 Å². The highest BCUT2D eigenvalue weighted by Crippen LogP contribution is 2.31. The number of furan rings is 1. The number of carbonyl (C=O) groups is 1. The summed E-state index contributed by atoms with van der Waals surface area (Å²) < 4.78 is 49.2. The number of aromatic nitrogens is 1. The van der Waals surface area contributed by atoms with Crippen molar-refractivity contribution in [2.24, 2.45) is 0 Å². The highest BCUT2D eigenvalue weighted by molar-refractivity contribution is 9.10. The van der Waals surface area contributed by atoms with Gasteiger partial charge in [0.15, 0.2) is 10.4 Å². The summed E-state index contributed by atoms with van der Waals surface area (Å²) in [4.78, 5) is 17.6. The van der Waals surface area contributed by atoms with Crippen LogP contribution in [0, 0.1) is 0 Å². The SMILES string of the molecule is O=C(c1ccc(Br)o1)N1CCC(Oc2cc(C(F)(F)F)ccn2)C1. The second-order valence-electron chi connectivity index (χ2n) is 5.26. The van der Waals surface area contributed by atoms with E-state index in [-0.39, 0.29) is 24.1 Å². The van der Waals surface area contributed by atoms with Crippen LogP contribution in [0.15, 0.2) is 39.5 Å². The Bertz CT molecular complexity index is 748. The topological polar surface area (TPSA) is 55.6 Å². The van der Waals surface area contributed by atoms with Crippen LogP contribution in [0.3, 0.4) is 0 Å². The third-order valence-electron chi connectivity index (χ3n) is 3.57. The monoisotopic (exact) mass is 404 g/mol. The van der Waals surface area contributed by atoms with E-state index in [1.54, 1.807) is 12.1 Å². The van der Waals surface area contributed by atoms with Crippen molar-refractivity contribution in [3.8, 4) is 5.88 Å². The maximum Gasteiger partial charge on any atom is 0.416 e. The second-order valence-corrected chi connectivity index (χ2v) is 6.05. The van der Waals surface area contributed by atoms with Gasteiger partial charge in [0.05, 0.1) is 12.1 Å². The summed E-state index contributed by atoms with van der Waals surface area (Å²) in [7, 11) is 0. The number of carbonyl (C=O) groups excluding carboxylic acids is 1. The average molecular weight is 405 g/mol. The van der Waals surface area contributed by atoms with Crippen LogP contribution >= 0.6 is 15.9 Å². The van der Waals surface area contributed by atoms with Gasteiger partial charge in [-0.2, -0.15) is 13.2 Å². The Hall–Kier alpha value is -2.03. The highest BCUT2D eigenvalue weighted by atomic mass is 79.9. The minimum absolute atomic E-state index is 0.107. The van der Waals surface area contributed by atoms with E-state index in [9.17, 15) is 18.0 Å². The Balaban J connectivity index is 1.63. The van der Waals surface area contributed by atoms with Gasteiger partial charge in [0, 0.05) is 25.2 Å². The fourth-order valence-electron chi connectivity index (χ4n) is 2.41. The number of amides is 1. The van der Waals surface area contributed by atoms with E-state index in [2.05, 4.69) is 20.9 Å². The number of ether oxygens (including phenoxy) is 1. The van der Waals surface area contributed by atoms with Gasteiger partial charge in [-0.15, -0.1) is 0 Å². The summed E-state index contributed by atoms with van der Waals surface area (Å²) in [6, 6.07) is 4.90. The third-order valence-corrected chi connectivity index (χ3v) is 3.99. The van der Waals surface area contributed by atoms with Gasteiger partial charge in [0.25, 0.3) is 5.91 Å². The fourth-order valence-corrected chi connectivity index (χ4v) is 2.72. The number of nitrogens with zero attached hydrogens (tertiary/aromatic N) is 2. The summed E-state index contributed by atoms with van der Waals surface area (Å²) in [6.45, 7) is 0.690. The molecule has 2 aromatic heterocycles. The van der Waals surface area contributed by atoms with Crippen molar-refractivity contribution in [2.75, 3.05) is 13.1 Å². The molecule has 1 aliphatic rings. The van der Waals surface area contributed by atoms with Crippen LogP contribution in [-0.2, 0) is 6.18 Å². The predicted octanol–water partition coefficient (Wildman–Crippen LogP) is 3.75. The lowest BCUT2D eigenvalue weighted by molar-refractivity contribution is -0.137. The highest BCUT2D eigenvalue weighted by Gasteiger charge is 2.33. The quantitative estimate of drug-likeness (QED) is 0.781. The van der Waals surface area contributed by atoms with E-state index in [1.807, 2.05) is 0 Å². The number of halogens is 4. The van der Waals surface area contributed by atoms with Gasteiger partial charge in [-0.05, 0) is 34.1 Å². The van der Waals surface area contributed by atoms with Crippen LogP contribution in [0.25, 0.3) is 0 Å². The largest absolute Gasteiger partial charge is 0.472 e. The summed E-state index contributed by atoms with van der Waals surface area (Å²) in [5, 5.41) is 0. The smallest absolute Gasteiger partial charge is 0.416 e. The number of rotatable bonds is 3. The molecule has 3 rings (SSSR count). The first-order chi connectivity index (χ1) is 11.3. The molecule has 1 aliphatic heterocycles. The molecule has 0 aromatic carbocycles. The second kappa shape index (κ2) is 6.46. The Kier molecular flexibility index (Phi) is 4.53. The van der Waals surface area contributed by atoms with Crippen LogP contribution in [0.1, 0.15) is 22.5 Å². The molecular formula is C15H12BrF3N2O3. The van der Waals surface area contributed by atoms with Gasteiger partial charge >= 0.3 is 6.18 Å². The molecule has 2 aromatic rings. The molecule has 5 nitrogen and oxygen atoms in total. The van der Waals surface area contributed by atoms with E-state index in [4.69, 9.17) is 9.15 Å². The van der Waals surface area contributed by atoms with E-state index >= 15 is 0 Å². The molecular weight excluding hydrogens is 393 g/mol. The van der Waals surface area contributed by atoms with Gasteiger partial charge in [0.1, 0.15) is 6.10 Å². The first-order valence-electron chi connectivity index (χ1n) is 7.07. The standard InChI is InChI=1S/C15H12BrF3N2O3/c16-12-2-1-11(24-12)14(22)21-6-4-10(8-21)23-13-7-9(3-5-20-13)15(17,18)19/h1-3,5,7,10H,4,6,8H2. The Morgan fingerprint density at radius 3 is 2.83 bits per heavy atom. The molecule has 24 heavy (non-hydrogen) atoms. The number of likely N-dealkylation sites (tertiary alicyclic amines) is 1. The molecule has 0 spiro atoms. The first-order valence-corrected chi connectivity index (χ1v) is 7.87. The van der Waals surface area contributed by atoms with Gasteiger partial charge in [0.2, 0.25) is 5.88 Å². The predicted molar refractivity (Wildman–Crippen MR) is 80.6 cm³/mol. The molecule has 0 radical (unpaired) electrons. The maximum absolute atomic E-state index is 12.7. The Morgan fingerprint density at radius 2 is 2.17 bits per heavy atom. The zero-order valence-electron chi connectivity index (χ0n) is 12.2. The minimum atomic E-state index is -4.45. The molecule has 1 atom stereocenters. The van der Waals surface area contributed by atoms with E-state index in [1.165, 1.54) is 4.90 Å². The van der Waals surface area contributed by atoms with E-state index in [0.29, 0.717) is 17.6 Å². The molecule has 3 heterocycles. The van der Waals surface area contributed by atoms with Crippen molar-refractivity contribution in [1.82, 2.24) is 9.88 Å². The maximum atomic E-state index is 12.7. The summed E-state index contributed by atoms with van der Waals surface area (Å²) in [5.41, 5.74) is -0.820. The van der Waals surface area contributed by atoms with Gasteiger partial charge in [-0.3, -0.25) is 4.79 Å². The fraction of sp³-hybridized carbons (Fsp3) is 0.333. The average Bonchev–Trinajstić information content (AvgIpc) is 3.15. The zero-order valence-corrected chi connectivity index (χ0v) is 13.8. The summed E-state index contributed by atoms with van der Waals surface area (Å²) in [5.74, 6) is -0.201. The lowest BCUT2D eigenvalue weighted by atomic mass is 10.2. The van der Waals surface area contributed by atoms with Crippen molar-refractivity contribution in [2.45, 2.75) is 18.7 Å². The molecule has 9 heteroatoms. The number of alkyl halides is 3. The van der Waals surface area contributed by atoms with E-state index < -0.39 is 17.8 Å². The molecule has 1 amide bonds. The van der Waals surface area contributed by atoms with E-state index in [0.717, 1.165) is 18.3 Å². The van der Waals surface area contributed by atoms with Crippen LogP contribution < -0.4 is 4.74 Å². The molecule has 128 valence electrons. The lowest BCUT2D eigenvalue weighted by Gasteiger charge is -2.16. The van der Waals surface area contributed by atoms with Gasteiger partial charge in [-0.25, -0.2) is 4.98 Å². The first kappa shape index (κ1) is 16.8. The van der Waals surface area contributed by atoms with Gasteiger partial charge in [-0.1, -0.05) is 0 Å². The Morgan fingerprint density at radius 1 is 1.38 bits per heavy atom. The van der Waals surface area contributed by atoms with Crippen molar-refractivity contribution in [1.29, 1.82) is 0 Å².